The topological polar surface area (TPSA) is 22.8 Å². The molecule has 2 aromatic rings. The zero-order valence-electron chi connectivity index (χ0n) is 10.6. The SMILES string of the molecule is [C-]#[N+]c1cccc(Oc2cccc3c2B(C)OC3)c1. The monoisotopic (exact) mass is 249 g/mol. The number of hydrogen-bond acceptors (Lipinski definition) is 2. The van der Waals surface area contributed by atoms with Crippen molar-refractivity contribution < 1.29 is 9.39 Å². The Morgan fingerprint density at radius 1 is 1.26 bits per heavy atom. The predicted molar refractivity (Wildman–Crippen MR) is 75.3 cm³/mol. The molecule has 0 fully saturated rings. The van der Waals surface area contributed by atoms with E-state index in [1.54, 1.807) is 12.1 Å². The van der Waals surface area contributed by atoms with Crippen LogP contribution >= 0.6 is 0 Å². The van der Waals surface area contributed by atoms with Gasteiger partial charge in [0, 0.05) is 0 Å². The summed E-state index contributed by atoms with van der Waals surface area (Å²) in [7, 11) is 0. The normalized spacial score (nSPS) is 12.9. The summed E-state index contributed by atoms with van der Waals surface area (Å²) in [6, 6.07) is 13.2. The van der Waals surface area contributed by atoms with E-state index in [0.717, 1.165) is 11.2 Å². The van der Waals surface area contributed by atoms with Gasteiger partial charge in [-0.05, 0) is 29.2 Å². The third-order valence-electron chi connectivity index (χ3n) is 3.23. The summed E-state index contributed by atoms with van der Waals surface area (Å²) in [6.45, 7) is 9.73. The van der Waals surface area contributed by atoms with Crippen LogP contribution < -0.4 is 10.2 Å². The lowest BCUT2D eigenvalue weighted by molar-refractivity contribution is 0.333. The average molecular weight is 249 g/mol. The van der Waals surface area contributed by atoms with Gasteiger partial charge in [-0.2, -0.15) is 0 Å². The van der Waals surface area contributed by atoms with E-state index in [1.807, 2.05) is 31.1 Å². The van der Waals surface area contributed by atoms with Gasteiger partial charge in [0.25, 0.3) is 0 Å². The van der Waals surface area contributed by atoms with Gasteiger partial charge < -0.3 is 9.39 Å². The van der Waals surface area contributed by atoms with Gasteiger partial charge in [0.2, 0.25) is 0 Å². The minimum absolute atomic E-state index is 0.0512. The smallest absolute Gasteiger partial charge is 0.328 e. The fraction of sp³-hybridized carbons (Fsp3) is 0.133. The van der Waals surface area contributed by atoms with E-state index in [0.29, 0.717) is 18.0 Å². The van der Waals surface area contributed by atoms with Crippen molar-refractivity contribution in [1.29, 1.82) is 0 Å². The highest BCUT2D eigenvalue weighted by Crippen LogP contribution is 2.27. The molecule has 0 saturated heterocycles. The minimum Gasteiger partial charge on any atom is -0.459 e. The molecular weight excluding hydrogens is 237 g/mol. The Morgan fingerprint density at radius 3 is 2.95 bits per heavy atom. The Balaban J connectivity index is 1.96. The zero-order chi connectivity index (χ0) is 13.2. The molecular formula is C15H12BNO2. The summed E-state index contributed by atoms with van der Waals surface area (Å²) < 4.78 is 11.5. The molecule has 2 aromatic carbocycles. The average Bonchev–Trinajstić information content (AvgIpc) is 2.82. The van der Waals surface area contributed by atoms with Crippen molar-refractivity contribution in [2.45, 2.75) is 13.4 Å². The second-order valence-electron chi connectivity index (χ2n) is 4.49. The second kappa shape index (κ2) is 4.79. The van der Waals surface area contributed by atoms with E-state index in [9.17, 15) is 0 Å². The summed E-state index contributed by atoms with van der Waals surface area (Å²) in [5.74, 6) is 1.49. The highest BCUT2D eigenvalue weighted by Gasteiger charge is 2.27. The molecule has 0 aliphatic carbocycles. The Labute approximate surface area is 112 Å². The van der Waals surface area contributed by atoms with Gasteiger partial charge in [0.15, 0.2) is 5.69 Å². The first-order chi connectivity index (χ1) is 9.28. The van der Waals surface area contributed by atoms with Crippen LogP contribution in [0.5, 0.6) is 11.5 Å². The van der Waals surface area contributed by atoms with Crippen LogP contribution in [0.2, 0.25) is 6.82 Å². The fourth-order valence-corrected chi connectivity index (χ4v) is 2.31. The summed E-state index contributed by atoms with van der Waals surface area (Å²) >= 11 is 0. The lowest BCUT2D eigenvalue weighted by Crippen LogP contribution is -2.25. The van der Waals surface area contributed by atoms with Gasteiger partial charge in [-0.15, -0.1) is 0 Å². The molecule has 0 atom stereocenters. The maximum Gasteiger partial charge on any atom is 0.328 e. The van der Waals surface area contributed by atoms with Crippen molar-refractivity contribution in [2.75, 3.05) is 0 Å². The lowest BCUT2D eigenvalue weighted by atomic mass is 9.64. The quantitative estimate of drug-likeness (QED) is 0.601. The highest BCUT2D eigenvalue weighted by atomic mass is 16.5. The molecule has 4 heteroatoms. The predicted octanol–water partition coefficient (Wildman–Crippen LogP) is 3.39. The van der Waals surface area contributed by atoms with Crippen LogP contribution in [-0.2, 0) is 11.3 Å². The molecule has 92 valence electrons. The molecule has 3 rings (SSSR count). The summed E-state index contributed by atoms with van der Waals surface area (Å²) in [5.41, 5.74) is 2.86. The molecule has 0 saturated carbocycles. The number of benzene rings is 2. The van der Waals surface area contributed by atoms with Crippen molar-refractivity contribution >= 4 is 18.1 Å². The van der Waals surface area contributed by atoms with Crippen molar-refractivity contribution in [3.05, 3.63) is 59.4 Å². The van der Waals surface area contributed by atoms with Crippen LogP contribution in [0.4, 0.5) is 5.69 Å². The third-order valence-corrected chi connectivity index (χ3v) is 3.23. The van der Waals surface area contributed by atoms with E-state index in [4.69, 9.17) is 16.0 Å². The Hall–Kier alpha value is -2.25. The Bertz CT molecular complexity index is 663. The number of fused-ring (bicyclic) bond motifs is 1. The maximum atomic E-state index is 7.02. The van der Waals surface area contributed by atoms with Gasteiger partial charge in [0.1, 0.15) is 11.5 Å². The molecule has 0 spiro atoms. The number of ether oxygens (including phenoxy) is 1. The number of hydrogen-bond donors (Lipinski definition) is 0. The van der Waals surface area contributed by atoms with Crippen LogP contribution in [0.15, 0.2) is 42.5 Å². The molecule has 0 unspecified atom stereocenters. The number of rotatable bonds is 2. The summed E-state index contributed by atoms with van der Waals surface area (Å²) in [5, 5.41) is 0. The van der Waals surface area contributed by atoms with E-state index >= 15 is 0 Å². The summed E-state index contributed by atoms with van der Waals surface area (Å²) in [4.78, 5) is 3.41. The van der Waals surface area contributed by atoms with Crippen LogP contribution in [0.1, 0.15) is 5.56 Å². The van der Waals surface area contributed by atoms with Crippen LogP contribution in [-0.4, -0.2) is 6.92 Å². The molecule has 1 heterocycles. The first kappa shape index (κ1) is 11.8. The van der Waals surface area contributed by atoms with Crippen molar-refractivity contribution in [1.82, 2.24) is 0 Å². The maximum absolute atomic E-state index is 7.02. The molecule has 1 aliphatic rings. The fourth-order valence-electron chi connectivity index (χ4n) is 2.31. The molecule has 0 amide bonds. The summed E-state index contributed by atoms with van der Waals surface area (Å²) in [6.07, 6.45) is 0. The van der Waals surface area contributed by atoms with Crippen LogP contribution in [0.3, 0.4) is 0 Å². The first-order valence-corrected chi connectivity index (χ1v) is 6.16. The van der Waals surface area contributed by atoms with E-state index < -0.39 is 0 Å². The van der Waals surface area contributed by atoms with Crippen LogP contribution in [0.25, 0.3) is 4.85 Å². The Morgan fingerprint density at radius 2 is 2.11 bits per heavy atom. The van der Waals surface area contributed by atoms with Gasteiger partial charge in [-0.3, -0.25) is 0 Å². The van der Waals surface area contributed by atoms with Gasteiger partial charge >= 0.3 is 6.92 Å². The van der Waals surface area contributed by atoms with Gasteiger partial charge in [0.05, 0.1) is 13.2 Å². The van der Waals surface area contributed by atoms with Gasteiger partial charge in [-0.1, -0.05) is 31.1 Å². The Kier molecular flexibility index (Phi) is 2.98. The first-order valence-electron chi connectivity index (χ1n) is 6.16. The molecule has 0 aromatic heterocycles. The lowest BCUT2D eigenvalue weighted by Gasteiger charge is -2.11. The van der Waals surface area contributed by atoms with E-state index in [1.165, 1.54) is 5.56 Å². The highest BCUT2D eigenvalue weighted by molar-refractivity contribution is 6.68. The van der Waals surface area contributed by atoms with Crippen LogP contribution in [0, 0.1) is 6.57 Å². The van der Waals surface area contributed by atoms with Crippen molar-refractivity contribution in [3.63, 3.8) is 0 Å². The minimum atomic E-state index is 0.0512. The van der Waals surface area contributed by atoms with Gasteiger partial charge in [-0.25, -0.2) is 4.85 Å². The molecule has 19 heavy (non-hydrogen) atoms. The van der Waals surface area contributed by atoms with Crippen molar-refractivity contribution in [2.24, 2.45) is 0 Å². The molecule has 0 bridgehead atoms. The number of nitrogens with zero attached hydrogens (tertiary/aromatic N) is 1. The largest absolute Gasteiger partial charge is 0.459 e. The standard InChI is InChI=1S/C15H12BNO2/c1-16-15-11(10-18-16)5-3-8-14(15)19-13-7-4-6-12(9-13)17-2/h3-9H,10H2,1H3. The second-order valence-corrected chi connectivity index (χ2v) is 4.49. The molecule has 1 aliphatic heterocycles. The zero-order valence-corrected chi connectivity index (χ0v) is 10.6. The van der Waals surface area contributed by atoms with E-state index in [-0.39, 0.29) is 6.92 Å². The van der Waals surface area contributed by atoms with E-state index in [2.05, 4.69) is 10.9 Å². The molecule has 0 N–H and O–H groups in total. The van der Waals surface area contributed by atoms with Crippen molar-refractivity contribution in [3.8, 4) is 11.5 Å². The molecule has 3 nitrogen and oxygen atoms in total. The molecule has 0 radical (unpaired) electrons. The third kappa shape index (κ3) is 2.21.